The fourth-order valence-corrected chi connectivity index (χ4v) is 3.96. The molecule has 2 aromatic rings. The lowest BCUT2D eigenvalue weighted by atomic mass is 9.86. The number of ether oxygens (including phenoxy) is 1. The van der Waals surface area contributed by atoms with Gasteiger partial charge in [-0.1, -0.05) is 19.9 Å². The van der Waals surface area contributed by atoms with Crippen molar-refractivity contribution in [3.63, 3.8) is 0 Å². The normalized spacial score (nSPS) is 18.2. The van der Waals surface area contributed by atoms with E-state index in [1.807, 2.05) is 18.7 Å². The first kappa shape index (κ1) is 18.6. The van der Waals surface area contributed by atoms with Crippen molar-refractivity contribution in [2.75, 3.05) is 42.6 Å². The molecule has 0 unspecified atom stereocenters. The van der Waals surface area contributed by atoms with E-state index < -0.39 is 5.41 Å². The minimum Gasteiger partial charge on any atom is -0.378 e. The first-order chi connectivity index (χ1) is 13.3. The molecule has 4 rings (SSSR count). The number of amides is 1. The maximum Gasteiger partial charge on any atom is 0.252 e. The third kappa shape index (κ3) is 3.40. The average molecular weight is 386 g/mol. The second kappa shape index (κ2) is 7.01. The molecule has 7 nitrogen and oxygen atoms in total. The molecule has 0 aliphatic carbocycles. The highest BCUT2D eigenvalue weighted by Crippen LogP contribution is 2.42. The zero-order chi connectivity index (χ0) is 19.9. The summed E-state index contributed by atoms with van der Waals surface area (Å²) in [7, 11) is 0. The van der Waals surface area contributed by atoms with Crippen molar-refractivity contribution >= 4 is 17.4 Å². The second-order valence-corrected chi connectivity index (χ2v) is 7.82. The zero-order valence-electron chi connectivity index (χ0n) is 16.0. The number of benzene rings is 1. The first-order valence-corrected chi connectivity index (χ1v) is 9.37. The lowest BCUT2D eigenvalue weighted by Crippen LogP contribution is -2.38. The summed E-state index contributed by atoms with van der Waals surface area (Å²) in [6.45, 7) is 6.67. The van der Waals surface area contributed by atoms with Crippen molar-refractivity contribution in [3.8, 4) is 0 Å². The number of H-pyrrole nitrogens is 1. The van der Waals surface area contributed by atoms with Crippen LogP contribution in [-0.4, -0.2) is 48.7 Å². The molecule has 1 fully saturated rings. The number of morpholine rings is 1. The van der Waals surface area contributed by atoms with Crippen LogP contribution in [-0.2, 0) is 21.4 Å². The molecule has 1 amide bonds. The van der Waals surface area contributed by atoms with Crippen LogP contribution in [0.5, 0.6) is 0 Å². The summed E-state index contributed by atoms with van der Waals surface area (Å²) in [5, 5.41) is 0. The summed E-state index contributed by atoms with van der Waals surface area (Å²) in [6.07, 6.45) is -0.0561. The number of carbonyl (C=O) groups excluding carboxylic acids is 1. The van der Waals surface area contributed by atoms with Crippen molar-refractivity contribution in [1.82, 2.24) is 9.97 Å². The SMILES string of the molecule is CC1(C)CN(C(=O)Cc2nc(N3CCOCC3)cc(=O)[nH]2)c2cccc(F)c21. The largest absolute Gasteiger partial charge is 0.378 e. The zero-order valence-corrected chi connectivity index (χ0v) is 16.0. The van der Waals surface area contributed by atoms with Crippen molar-refractivity contribution < 1.29 is 13.9 Å². The molecule has 148 valence electrons. The van der Waals surface area contributed by atoms with E-state index in [1.54, 1.807) is 17.0 Å². The van der Waals surface area contributed by atoms with Gasteiger partial charge >= 0.3 is 0 Å². The molecular weight excluding hydrogens is 363 g/mol. The Morgan fingerprint density at radius 1 is 1.32 bits per heavy atom. The number of rotatable bonds is 3. The molecule has 1 saturated heterocycles. The number of halogens is 1. The number of aromatic amines is 1. The number of fused-ring (bicyclic) bond motifs is 1. The molecule has 1 N–H and O–H groups in total. The monoisotopic (exact) mass is 386 g/mol. The van der Waals surface area contributed by atoms with Gasteiger partial charge in [-0.15, -0.1) is 0 Å². The fraction of sp³-hybridized carbons (Fsp3) is 0.450. The molecule has 1 aromatic carbocycles. The standard InChI is InChI=1S/C20H23FN4O3/c1-20(2)12-25(14-5-3-4-13(21)19(14)20)18(27)10-15-22-16(11-17(26)23-15)24-6-8-28-9-7-24/h3-5,11H,6-10,12H2,1-2H3,(H,22,23,26). The molecule has 0 radical (unpaired) electrons. The van der Waals surface area contributed by atoms with Crippen LogP contribution in [0.2, 0.25) is 0 Å². The molecule has 8 heteroatoms. The second-order valence-electron chi connectivity index (χ2n) is 7.82. The topological polar surface area (TPSA) is 78.5 Å². The van der Waals surface area contributed by atoms with Crippen molar-refractivity contribution in [3.05, 3.63) is 51.8 Å². The smallest absolute Gasteiger partial charge is 0.252 e. The van der Waals surface area contributed by atoms with E-state index in [2.05, 4.69) is 9.97 Å². The predicted molar refractivity (Wildman–Crippen MR) is 103 cm³/mol. The van der Waals surface area contributed by atoms with Crippen LogP contribution >= 0.6 is 0 Å². The fourth-order valence-electron chi connectivity index (χ4n) is 3.96. The Morgan fingerprint density at radius 2 is 2.07 bits per heavy atom. The molecule has 0 atom stereocenters. The van der Waals surface area contributed by atoms with E-state index in [4.69, 9.17) is 4.74 Å². The summed E-state index contributed by atoms with van der Waals surface area (Å²) < 4.78 is 19.7. The Morgan fingerprint density at radius 3 is 2.82 bits per heavy atom. The molecule has 1 aromatic heterocycles. The third-order valence-corrected chi connectivity index (χ3v) is 5.24. The van der Waals surface area contributed by atoms with Crippen molar-refractivity contribution in [2.24, 2.45) is 0 Å². The van der Waals surface area contributed by atoms with Crippen LogP contribution in [0.25, 0.3) is 0 Å². The minimum absolute atomic E-state index is 0.0561. The maximum absolute atomic E-state index is 14.3. The van der Waals surface area contributed by atoms with Gasteiger partial charge in [-0.25, -0.2) is 9.37 Å². The summed E-state index contributed by atoms with van der Waals surface area (Å²) in [6, 6.07) is 6.21. The van der Waals surface area contributed by atoms with Crippen LogP contribution < -0.4 is 15.4 Å². The predicted octanol–water partition coefficient (Wildman–Crippen LogP) is 1.61. The van der Waals surface area contributed by atoms with Gasteiger partial charge in [0, 0.05) is 36.7 Å². The average Bonchev–Trinajstić information content (AvgIpc) is 2.94. The molecule has 0 saturated carbocycles. The lowest BCUT2D eigenvalue weighted by Gasteiger charge is -2.27. The number of anilines is 2. The van der Waals surface area contributed by atoms with Gasteiger partial charge in [0.15, 0.2) is 0 Å². The Bertz CT molecular complexity index is 966. The Hall–Kier alpha value is -2.74. The Kier molecular flexibility index (Phi) is 4.66. The van der Waals surface area contributed by atoms with E-state index in [0.29, 0.717) is 55.7 Å². The Balaban J connectivity index is 1.59. The minimum atomic E-state index is -0.479. The van der Waals surface area contributed by atoms with Gasteiger partial charge in [-0.2, -0.15) is 0 Å². The van der Waals surface area contributed by atoms with Gasteiger partial charge in [0.2, 0.25) is 5.91 Å². The maximum atomic E-state index is 14.3. The summed E-state index contributed by atoms with van der Waals surface area (Å²) in [5.41, 5.74) is 0.355. The number of carbonyl (C=O) groups is 1. The third-order valence-electron chi connectivity index (χ3n) is 5.24. The molecule has 0 bridgehead atoms. The van der Waals surface area contributed by atoms with Gasteiger partial charge in [-0.3, -0.25) is 9.59 Å². The van der Waals surface area contributed by atoms with Crippen LogP contribution in [0.4, 0.5) is 15.9 Å². The number of nitrogens with one attached hydrogen (secondary N) is 1. The van der Waals surface area contributed by atoms with Crippen LogP contribution in [0.1, 0.15) is 25.2 Å². The molecule has 2 aliphatic heterocycles. The van der Waals surface area contributed by atoms with Gasteiger partial charge in [0.05, 0.1) is 25.3 Å². The highest BCUT2D eigenvalue weighted by Gasteiger charge is 2.40. The summed E-state index contributed by atoms with van der Waals surface area (Å²) in [4.78, 5) is 35.7. The molecule has 0 spiro atoms. The number of hydrogen-bond acceptors (Lipinski definition) is 5. The summed E-state index contributed by atoms with van der Waals surface area (Å²) in [5.74, 6) is 0.322. The first-order valence-electron chi connectivity index (χ1n) is 9.37. The Labute approximate surface area is 162 Å². The molecular formula is C20H23FN4O3. The van der Waals surface area contributed by atoms with E-state index in [9.17, 15) is 14.0 Å². The highest BCUT2D eigenvalue weighted by molar-refractivity contribution is 5.97. The lowest BCUT2D eigenvalue weighted by molar-refractivity contribution is -0.118. The molecule has 28 heavy (non-hydrogen) atoms. The van der Waals surface area contributed by atoms with E-state index in [1.165, 1.54) is 12.1 Å². The van der Waals surface area contributed by atoms with E-state index in [0.717, 1.165) is 0 Å². The number of nitrogens with zero attached hydrogens (tertiary/aromatic N) is 3. The van der Waals surface area contributed by atoms with Crippen molar-refractivity contribution in [2.45, 2.75) is 25.7 Å². The van der Waals surface area contributed by atoms with Crippen molar-refractivity contribution in [1.29, 1.82) is 0 Å². The van der Waals surface area contributed by atoms with Crippen LogP contribution in [0.3, 0.4) is 0 Å². The van der Waals surface area contributed by atoms with Gasteiger partial charge in [0.25, 0.3) is 5.56 Å². The van der Waals surface area contributed by atoms with E-state index >= 15 is 0 Å². The number of hydrogen-bond donors (Lipinski definition) is 1. The van der Waals surface area contributed by atoms with Crippen LogP contribution in [0, 0.1) is 5.82 Å². The van der Waals surface area contributed by atoms with Crippen LogP contribution in [0.15, 0.2) is 29.1 Å². The molecule has 2 aliphatic rings. The van der Waals surface area contributed by atoms with Gasteiger partial charge < -0.3 is 19.5 Å². The van der Waals surface area contributed by atoms with E-state index in [-0.39, 0.29) is 23.7 Å². The molecule has 3 heterocycles. The number of aromatic nitrogens is 2. The van der Waals surface area contributed by atoms with Gasteiger partial charge in [0.1, 0.15) is 17.5 Å². The summed E-state index contributed by atoms with van der Waals surface area (Å²) >= 11 is 0. The van der Waals surface area contributed by atoms with Gasteiger partial charge in [-0.05, 0) is 12.1 Å². The quantitative estimate of drug-likeness (QED) is 0.867. The highest BCUT2D eigenvalue weighted by atomic mass is 19.1.